The fourth-order valence-corrected chi connectivity index (χ4v) is 2.12. The molecule has 0 radical (unpaired) electrons. The predicted molar refractivity (Wildman–Crippen MR) is 89.1 cm³/mol. The number of nitrogens with one attached hydrogen (secondary N) is 2. The molecule has 7 heteroatoms. The molecule has 1 heterocycles. The molecule has 0 bridgehead atoms. The molecule has 22 heavy (non-hydrogen) atoms. The van der Waals surface area contributed by atoms with Gasteiger partial charge >= 0.3 is 0 Å². The molecule has 1 aromatic heterocycles. The average molecular weight is 308 g/mol. The van der Waals surface area contributed by atoms with Crippen LogP contribution in [0.2, 0.25) is 0 Å². The number of carbonyl (C=O) groups is 1. The van der Waals surface area contributed by atoms with Crippen molar-refractivity contribution >= 4 is 11.9 Å². The van der Waals surface area contributed by atoms with E-state index in [1.165, 1.54) is 16.2 Å². The molecule has 1 rings (SSSR count). The molecule has 2 N–H and O–H groups in total. The maximum atomic E-state index is 11.6. The van der Waals surface area contributed by atoms with Crippen LogP contribution in [0.5, 0.6) is 0 Å². The summed E-state index contributed by atoms with van der Waals surface area (Å²) in [6, 6.07) is 0. The molecule has 0 saturated heterocycles. The third kappa shape index (κ3) is 5.05. The van der Waals surface area contributed by atoms with E-state index in [2.05, 4.69) is 27.6 Å². The Bertz CT molecular complexity index is 532. The molecule has 1 aromatic rings. The van der Waals surface area contributed by atoms with Gasteiger partial charge in [0, 0.05) is 39.9 Å². The highest BCUT2D eigenvalue weighted by atomic mass is 16.2. The Labute approximate surface area is 132 Å². The molecule has 0 spiro atoms. The molecule has 0 saturated carbocycles. The number of likely N-dealkylation sites (N-methyl/N-ethyl adjacent to an activating group) is 1. The van der Waals surface area contributed by atoms with E-state index in [-0.39, 0.29) is 12.5 Å². The first-order valence-electron chi connectivity index (χ1n) is 7.58. The predicted octanol–water partition coefficient (Wildman–Crippen LogP) is 0.223. The van der Waals surface area contributed by atoms with E-state index in [0.717, 1.165) is 25.2 Å². The van der Waals surface area contributed by atoms with Gasteiger partial charge in [-0.2, -0.15) is 5.10 Å². The lowest BCUT2D eigenvalue weighted by atomic mass is 10.1. The molecular formula is C15H28N6O. The first-order chi connectivity index (χ1) is 10.4. The summed E-state index contributed by atoms with van der Waals surface area (Å²) in [6.45, 7) is 7.75. The first-order valence-corrected chi connectivity index (χ1v) is 7.58. The summed E-state index contributed by atoms with van der Waals surface area (Å²) in [7, 11) is 5.41. The van der Waals surface area contributed by atoms with E-state index in [9.17, 15) is 4.79 Å². The number of guanidine groups is 1. The minimum atomic E-state index is -0.0175. The number of aliphatic imine (C=N–C) groups is 1. The second kappa shape index (κ2) is 8.41. The zero-order valence-electron chi connectivity index (χ0n) is 14.5. The Hall–Kier alpha value is -2.05. The summed E-state index contributed by atoms with van der Waals surface area (Å²) >= 11 is 0. The number of hydrogen-bond acceptors (Lipinski definition) is 3. The number of aromatic nitrogens is 2. The van der Waals surface area contributed by atoms with Crippen LogP contribution in [0.15, 0.2) is 4.99 Å². The van der Waals surface area contributed by atoms with Crippen molar-refractivity contribution in [2.24, 2.45) is 12.0 Å². The molecule has 7 nitrogen and oxygen atoms in total. The fraction of sp³-hybridized carbons (Fsp3) is 0.667. The van der Waals surface area contributed by atoms with E-state index in [1.54, 1.807) is 14.1 Å². The van der Waals surface area contributed by atoms with Crippen LogP contribution in [0.4, 0.5) is 0 Å². The largest absolute Gasteiger partial charge is 0.357 e. The molecule has 0 fully saturated rings. The number of rotatable bonds is 6. The van der Waals surface area contributed by atoms with Crippen molar-refractivity contribution in [3.8, 4) is 0 Å². The zero-order valence-corrected chi connectivity index (χ0v) is 14.5. The summed E-state index contributed by atoms with van der Waals surface area (Å²) in [5.41, 5.74) is 3.51. The Balaban J connectivity index is 2.57. The monoisotopic (exact) mass is 308 g/mol. The molecule has 0 aliphatic carbocycles. The lowest BCUT2D eigenvalue weighted by molar-refractivity contribution is -0.127. The van der Waals surface area contributed by atoms with E-state index in [0.29, 0.717) is 5.96 Å². The second-order valence-corrected chi connectivity index (χ2v) is 5.43. The van der Waals surface area contributed by atoms with E-state index < -0.39 is 0 Å². The Morgan fingerprint density at radius 3 is 2.50 bits per heavy atom. The van der Waals surface area contributed by atoms with Crippen LogP contribution in [0.3, 0.4) is 0 Å². The minimum absolute atomic E-state index is 0.0175. The standard InChI is InChI=1S/C15H28N6O/c1-7-16-15(18-10-14(22)20(4)5)17-9-8-13-11(2)19-21(6)12(13)3/h7-10H2,1-6H3,(H2,16,17,18). The van der Waals surface area contributed by atoms with Crippen LogP contribution in [0.1, 0.15) is 23.9 Å². The van der Waals surface area contributed by atoms with Crippen molar-refractivity contribution in [1.29, 1.82) is 0 Å². The lowest BCUT2D eigenvalue weighted by Gasteiger charge is -2.12. The van der Waals surface area contributed by atoms with Gasteiger partial charge in [-0.05, 0) is 32.8 Å². The SMILES string of the molecule is CCNC(=NCC(=O)N(C)C)NCCc1c(C)nn(C)c1C. The Kier molecular flexibility index (Phi) is 6.88. The first kappa shape index (κ1) is 18.0. The van der Waals surface area contributed by atoms with E-state index >= 15 is 0 Å². The summed E-state index contributed by atoms with van der Waals surface area (Å²) in [5.74, 6) is 0.646. The van der Waals surface area contributed by atoms with Crippen LogP contribution in [-0.4, -0.2) is 60.3 Å². The van der Waals surface area contributed by atoms with E-state index in [1.807, 2.05) is 25.6 Å². The van der Waals surface area contributed by atoms with Crippen LogP contribution in [0.25, 0.3) is 0 Å². The van der Waals surface area contributed by atoms with Crippen LogP contribution >= 0.6 is 0 Å². The van der Waals surface area contributed by atoms with Crippen molar-refractivity contribution < 1.29 is 4.79 Å². The molecule has 0 unspecified atom stereocenters. The van der Waals surface area contributed by atoms with Gasteiger partial charge in [-0.25, -0.2) is 4.99 Å². The topological polar surface area (TPSA) is 74.6 Å². The van der Waals surface area contributed by atoms with Gasteiger partial charge in [0.25, 0.3) is 0 Å². The van der Waals surface area contributed by atoms with Crippen LogP contribution in [-0.2, 0) is 18.3 Å². The van der Waals surface area contributed by atoms with Crippen molar-refractivity contribution in [2.45, 2.75) is 27.2 Å². The molecule has 0 aliphatic rings. The highest BCUT2D eigenvalue weighted by Gasteiger charge is 2.09. The molecule has 0 aromatic carbocycles. The molecule has 0 atom stereocenters. The fourth-order valence-electron chi connectivity index (χ4n) is 2.12. The van der Waals surface area contributed by atoms with Gasteiger partial charge in [0.2, 0.25) is 5.91 Å². The molecule has 124 valence electrons. The minimum Gasteiger partial charge on any atom is -0.357 e. The second-order valence-electron chi connectivity index (χ2n) is 5.43. The van der Waals surface area contributed by atoms with Gasteiger partial charge in [-0.1, -0.05) is 0 Å². The van der Waals surface area contributed by atoms with Crippen LogP contribution < -0.4 is 10.6 Å². The lowest BCUT2D eigenvalue weighted by Crippen LogP contribution is -2.39. The van der Waals surface area contributed by atoms with Gasteiger partial charge in [0.05, 0.1) is 5.69 Å². The van der Waals surface area contributed by atoms with Gasteiger partial charge < -0.3 is 15.5 Å². The number of hydrogen-bond donors (Lipinski definition) is 2. The summed E-state index contributed by atoms with van der Waals surface area (Å²) in [4.78, 5) is 17.4. The van der Waals surface area contributed by atoms with Gasteiger partial charge in [-0.3, -0.25) is 9.48 Å². The smallest absolute Gasteiger partial charge is 0.243 e. The van der Waals surface area contributed by atoms with Gasteiger partial charge in [0.1, 0.15) is 6.54 Å². The Morgan fingerprint density at radius 2 is 2.00 bits per heavy atom. The van der Waals surface area contributed by atoms with Crippen molar-refractivity contribution in [3.63, 3.8) is 0 Å². The highest BCUT2D eigenvalue weighted by molar-refractivity contribution is 5.84. The van der Waals surface area contributed by atoms with Crippen molar-refractivity contribution in [3.05, 3.63) is 17.0 Å². The maximum absolute atomic E-state index is 11.6. The number of nitrogens with zero attached hydrogens (tertiary/aromatic N) is 4. The third-order valence-electron chi connectivity index (χ3n) is 3.54. The zero-order chi connectivity index (χ0) is 16.7. The summed E-state index contributed by atoms with van der Waals surface area (Å²) < 4.78 is 1.90. The van der Waals surface area contributed by atoms with E-state index in [4.69, 9.17) is 0 Å². The molecule has 1 amide bonds. The average Bonchev–Trinajstić information content (AvgIpc) is 2.70. The molecular weight excluding hydrogens is 280 g/mol. The number of amides is 1. The van der Waals surface area contributed by atoms with Gasteiger partial charge in [0.15, 0.2) is 5.96 Å². The highest BCUT2D eigenvalue weighted by Crippen LogP contribution is 2.11. The number of aryl methyl sites for hydroxylation is 2. The van der Waals surface area contributed by atoms with Crippen molar-refractivity contribution in [2.75, 3.05) is 33.7 Å². The molecule has 0 aliphatic heterocycles. The quantitative estimate of drug-likeness (QED) is 0.582. The van der Waals surface area contributed by atoms with Gasteiger partial charge in [-0.15, -0.1) is 0 Å². The van der Waals surface area contributed by atoms with Crippen LogP contribution in [0, 0.1) is 13.8 Å². The number of carbonyl (C=O) groups excluding carboxylic acids is 1. The summed E-state index contributed by atoms with van der Waals surface area (Å²) in [5, 5.41) is 10.8. The normalized spacial score (nSPS) is 11.5. The Morgan fingerprint density at radius 1 is 1.32 bits per heavy atom. The third-order valence-corrected chi connectivity index (χ3v) is 3.54. The van der Waals surface area contributed by atoms with Crippen molar-refractivity contribution in [1.82, 2.24) is 25.3 Å². The maximum Gasteiger partial charge on any atom is 0.243 e. The summed E-state index contributed by atoms with van der Waals surface area (Å²) in [6.07, 6.45) is 0.873.